The van der Waals surface area contributed by atoms with Crippen LogP contribution in [0.3, 0.4) is 0 Å². The number of hydrogen-bond donors (Lipinski definition) is 2. The Labute approximate surface area is 183 Å². The number of rotatable bonds is 5. The van der Waals surface area contributed by atoms with Crippen molar-refractivity contribution in [2.45, 2.75) is 45.6 Å². The number of carbonyl (C=O) groups is 3. The zero-order chi connectivity index (χ0) is 22.6. The number of carbonyl (C=O) groups excluding carboxylic acids is 2. The maximum absolute atomic E-state index is 12.7. The number of amides is 2. The average Bonchev–Trinajstić information content (AvgIpc) is 2.77. The summed E-state index contributed by atoms with van der Waals surface area (Å²) in [5.41, 5.74) is 3.24. The lowest BCUT2D eigenvalue weighted by Gasteiger charge is -2.30. The Bertz CT molecular complexity index is 943. The molecule has 0 radical (unpaired) electrons. The first-order chi connectivity index (χ1) is 14.6. The Morgan fingerprint density at radius 3 is 2.19 bits per heavy atom. The summed E-state index contributed by atoms with van der Waals surface area (Å²) >= 11 is 0. The summed E-state index contributed by atoms with van der Waals surface area (Å²) in [6.07, 6.45) is 1.31. The van der Waals surface area contributed by atoms with Gasteiger partial charge in [-0.05, 0) is 53.6 Å². The summed E-state index contributed by atoms with van der Waals surface area (Å²) < 4.78 is 0. The van der Waals surface area contributed by atoms with E-state index in [1.54, 1.807) is 17.0 Å². The molecule has 31 heavy (non-hydrogen) atoms. The molecule has 1 aliphatic heterocycles. The van der Waals surface area contributed by atoms with Crippen LogP contribution in [0.15, 0.2) is 48.5 Å². The summed E-state index contributed by atoms with van der Waals surface area (Å²) in [5.74, 6) is -1.64. The van der Waals surface area contributed by atoms with Gasteiger partial charge in [-0.2, -0.15) is 0 Å². The van der Waals surface area contributed by atoms with Crippen molar-refractivity contribution >= 4 is 17.8 Å². The number of carboxylic acid groups (broad SMARTS) is 1. The van der Waals surface area contributed by atoms with Gasteiger partial charge in [0.1, 0.15) is 0 Å². The molecule has 1 saturated heterocycles. The molecule has 0 aliphatic carbocycles. The van der Waals surface area contributed by atoms with Gasteiger partial charge in [-0.1, -0.05) is 45.0 Å². The molecular weight excluding hydrogens is 392 g/mol. The molecule has 1 atom stereocenters. The first-order valence-electron chi connectivity index (χ1n) is 10.6. The molecule has 2 N–H and O–H groups in total. The quantitative estimate of drug-likeness (QED) is 0.766. The van der Waals surface area contributed by atoms with Crippen LogP contribution in [-0.2, 0) is 16.8 Å². The Balaban J connectivity index is 1.56. The molecule has 6 nitrogen and oxygen atoms in total. The van der Waals surface area contributed by atoms with E-state index in [-0.39, 0.29) is 23.8 Å². The number of hydrogen-bond acceptors (Lipinski definition) is 3. The highest BCUT2D eigenvalue weighted by atomic mass is 16.4. The molecular formula is C25H30N2O4. The summed E-state index contributed by atoms with van der Waals surface area (Å²) in [5, 5.41) is 12.1. The zero-order valence-corrected chi connectivity index (χ0v) is 18.4. The topological polar surface area (TPSA) is 86.7 Å². The highest BCUT2D eigenvalue weighted by Crippen LogP contribution is 2.22. The van der Waals surface area contributed by atoms with E-state index in [9.17, 15) is 19.5 Å². The van der Waals surface area contributed by atoms with E-state index in [2.05, 4.69) is 26.1 Å². The van der Waals surface area contributed by atoms with Crippen molar-refractivity contribution in [3.8, 4) is 0 Å². The molecule has 3 rings (SSSR count). The minimum Gasteiger partial charge on any atom is -0.481 e. The Kier molecular flexibility index (Phi) is 6.78. The standard InChI is InChI=1S/C25H30N2O4/c1-25(2,3)21-12-10-18(11-13-21)22(28)26-15-17-6-8-19(9-7-17)23(29)27-14-4-5-20(16-27)24(30)31/h6-13,20H,4-5,14-16H2,1-3H3,(H,26,28)(H,30,31). The third-order valence-corrected chi connectivity index (χ3v) is 5.72. The number of carboxylic acids is 1. The number of benzene rings is 2. The van der Waals surface area contributed by atoms with Gasteiger partial charge in [0.05, 0.1) is 5.92 Å². The van der Waals surface area contributed by atoms with Crippen LogP contribution in [0, 0.1) is 5.92 Å². The van der Waals surface area contributed by atoms with Gasteiger partial charge in [-0.15, -0.1) is 0 Å². The van der Waals surface area contributed by atoms with E-state index in [1.807, 2.05) is 36.4 Å². The van der Waals surface area contributed by atoms with Gasteiger partial charge in [0, 0.05) is 30.8 Å². The molecule has 0 saturated carbocycles. The van der Waals surface area contributed by atoms with E-state index < -0.39 is 11.9 Å². The fraction of sp³-hybridized carbons (Fsp3) is 0.400. The Hall–Kier alpha value is -3.15. The Morgan fingerprint density at radius 2 is 1.61 bits per heavy atom. The van der Waals surface area contributed by atoms with Crippen LogP contribution < -0.4 is 5.32 Å². The molecule has 1 fully saturated rings. The second-order valence-corrected chi connectivity index (χ2v) is 9.14. The summed E-state index contributed by atoms with van der Waals surface area (Å²) in [7, 11) is 0. The molecule has 6 heteroatoms. The fourth-order valence-corrected chi connectivity index (χ4v) is 3.72. The molecule has 1 heterocycles. The van der Waals surface area contributed by atoms with Gasteiger partial charge in [-0.3, -0.25) is 14.4 Å². The third-order valence-electron chi connectivity index (χ3n) is 5.72. The lowest BCUT2D eigenvalue weighted by atomic mass is 9.87. The number of likely N-dealkylation sites (tertiary alicyclic amines) is 1. The van der Waals surface area contributed by atoms with Crippen LogP contribution >= 0.6 is 0 Å². The maximum Gasteiger partial charge on any atom is 0.308 e. The zero-order valence-electron chi connectivity index (χ0n) is 18.4. The van der Waals surface area contributed by atoms with Gasteiger partial charge in [0.15, 0.2) is 0 Å². The number of nitrogens with one attached hydrogen (secondary N) is 1. The van der Waals surface area contributed by atoms with E-state index in [0.29, 0.717) is 37.1 Å². The second kappa shape index (κ2) is 9.33. The fourth-order valence-electron chi connectivity index (χ4n) is 3.72. The first kappa shape index (κ1) is 22.5. The van der Waals surface area contributed by atoms with Crippen LogP contribution in [0.1, 0.15) is 65.5 Å². The minimum atomic E-state index is -0.850. The SMILES string of the molecule is CC(C)(C)c1ccc(C(=O)NCc2ccc(C(=O)N3CCCC(C(=O)O)C3)cc2)cc1. The number of aliphatic carboxylic acids is 1. The highest BCUT2D eigenvalue weighted by Gasteiger charge is 2.28. The van der Waals surface area contributed by atoms with Gasteiger partial charge in [0.25, 0.3) is 11.8 Å². The first-order valence-corrected chi connectivity index (χ1v) is 10.6. The van der Waals surface area contributed by atoms with Gasteiger partial charge in [0.2, 0.25) is 0 Å². The average molecular weight is 423 g/mol. The van der Waals surface area contributed by atoms with Gasteiger partial charge in [-0.25, -0.2) is 0 Å². The van der Waals surface area contributed by atoms with E-state index in [4.69, 9.17) is 0 Å². The van der Waals surface area contributed by atoms with E-state index >= 15 is 0 Å². The van der Waals surface area contributed by atoms with Crippen molar-refractivity contribution in [3.63, 3.8) is 0 Å². The molecule has 0 aromatic heterocycles. The molecule has 0 spiro atoms. The second-order valence-electron chi connectivity index (χ2n) is 9.14. The smallest absolute Gasteiger partial charge is 0.308 e. The third kappa shape index (κ3) is 5.72. The summed E-state index contributed by atoms with van der Waals surface area (Å²) in [6, 6.07) is 14.7. The van der Waals surface area contributed by atoms with Crippen molar-refractivity contribution in [2.24, 2.45) is 5.92 Å². The monoisotopic (exact) mass is 422 g/mol. The molecule has 0 bridgehead atoms. The van der Waals surface area contributed by atoms with Gasteiger partial charge < -0.3 is 15.3 Å². The summed E-state index contributed by atoms with van der Waals surface area (Å²) in [4.78, 5) is 38.0. The van der Waals surface area contributed by atoms with Crippen LogP contribution in [-0.4, -0.2) is 40.9 Å². The number of piperidine rings is 1. The number of nitrogens with zero attached hydrogens (tertiary/aromatic N) is 1. The van der Waals surface area contributed by atoms with Crippen LogP contribution in [0.2, 0.25) is 0 Å². The predicted octanol–water partition coefficient (Wildman–Crippen LogP) is 3.85. The lowest BCUT2D eigenvalue weighted by Crippen LogP contribution is -2.42. The van der Waals surface area contributed by atoms with Crippen molar-refractivity contribution in [2.75, 3.05) is 13.1 Å². The van der Waals surface area contributed by atoms with Gasteiger partial charge >= 0.3 is 5.97 Å². The maximum atomic E-state index is 12.7. The Morgan fingerprint density at radius 1 is 1.00 bits per heavy atom. The molecule has 1 aliphatic rings. The van der Waals surface area contributed by atoms with Crippen LogP contribution in [0.4, 0.5) is 0 Å². The molecule has 2 aromatic rings. The minimum absolute atomic E-state index is 0.0386. The van der Waals surface area contributed by atoms with Crippen LogP contribution in [0.25, 0.3) is 0 Å². The normalized spacial score (nSPS) is 16.6. The van der Waals surface area contributed by atoms with Crippen molar-refractivity contribution < 1.29 is 19.5 Å². The van der Waals surface area contributed by atoms with E-state index in [0.717, 1.165) is 5.56 Å². The molecule has 2 amide bonds. The molecule has 1 unspecified atom stereocenters. The van der Waals surface area contributed by atoms with E-state index in [1.165, 1.54) is 5.56 Å². The van der Waals surface area contributed by atoms with Crippen molar-refractivity contribution in [3.05, 3.63) is 70.8 Å². The predicted molar refractivity (Wildman–Crippen MR) is 119 cm³/mol. The van der Waals surface area contributed by atoms with Crippen molar-refractivity contribution in [1.29, 1.82) is 0 Å². The van der Waals surface area contributed by atoms with Crippen LogP contribution in [0.5, 0.6) is 0 Å². The lowest BCUT2D eigenvalue weighted by molar-refractivity contribution is -0.143. The molecule has 164 valence electrons. The summed E-state index contributed by atoms with van der Waals surface area (Å²) in [6.45, 7) is 7.58. The molecule has 2 aromatic carbocycles. The van der Waals surface area contributed by atoms with Crippen molar-refractivity contribution in [1.82, 2.24) is 10.2 Å². The largest absolute Gasteiger partial charge is 0.481 e. The highest BCUT2D eigenvalue weighted by molar-refractivity contribution is 5.95.